The van der Waals surface area contributed by atoms with E-state index in [4.69, 9.17) is 9.47 Å². The van der Waals surface area contributed by atoms with Crippen LogP contribution in [-0.4, -0.2) is 21.3 Å². The Bertz CT molecular complexity index is 315. The van der Waals surface area contributed by atoms with Crippen LogP contribution in [0.25, 0.3) is 0 Å². The van der Waals surface area contributed by atoms with Gasteiger partial charge in [0.1, 0.15) is 11.5 Å². The number of hydrogen-bond donors (Lipinski definition) is 1. The molecule has 3 nitrogen and oxygen atoms in total. The molecule has 0 aromatic heterocycles. The molecule has 0 fully saturated rings. The van der Waals surface area contributed by atoms with Gasteiger partial charge in [-0.1, -0.05) is 0 Å². The maximum absolute atomic E-state index is 5.29. The molecule has 0 aliphatic heterocycles. The molecule has 0 aliphatic carbocycles. The van der Waals surface area contributed by atoms with Gasteiger partial charge in [-0.05, 0) is 35.1 Å². The summed E-state index contributed by atoms with van der Waals surface area (Å²) >= 11 is 3.44. The van der Waals surface area contributed by atoms with E-state index in [1.165, 1.54) is 0 Å². The number of halogens is 1. The molecule has 4 heteroatoms. The van der Waals surface area contributed by atoms with Gasteiger partial charge in [0.25, 0.3) is 0 Å². The van der Waals surface area contributed by atoms with E-state index in [0.29, 0.717) is 0 Å². The molecular formula is C10H14BrNO2. The first-order valence-corrected chi connectivity index (χ1v) is 5.07. The maximum Gasteiger partial charge on any atom is 0.137 e. The lowest BCUT2D eigenvalue weighted by Gasteiger charge is -2.12. The van der Waals surface area contributed by atoms with E-state index in [2.05, 4.69) is 21.2 Å². The van der Waals surface area contributed by atoms with Crippen LogP contribution in [0.15, 0.2) is 16.6 Å². The second-order valence-electron chi connectivity index (χ2n) is 2.83. The van der Waals surface area contributed by atoms with Crippen molar-refractivity contribution >= 4 is 15.9 Å². The number of methoxy groups -OCH3 is 2. The highest BCUT2D eigenvalue weighted by Gasteiger charge is 2.09. The lowest BCUT2D eigenvalue weighted by Crippen LogP contribution is -2.07. The molecule has 0 spiro atoms. The molecule has 14 heavy (non-hydrogen) atoms. The Morgan fingerprint density at radius 3 is 2.50 bits per heavy atom. The first-order valence-electron chi connectivity index (χ1n) is 4.28. The highest BCUT2D eigenvalue weighted by Crippen LogP contribution is 2.33. The topological polar surface area (TPSA) is 30.5 Å². The fraction of sp³-hybridized carbons (Fsp3) is 0.400. The first kappa shape index (κ1) is 11.3. The van der Waals surface area contributed by atoms with E-state index in [0.717, 1.165) is 28.1 Å². The summed E-state index contributed by atoms with van der Waals surface area (Å²) < 4.78 is 11.4. The largest absolute Gasteiger partial charge is 0.497 e. The van der Waals surface area contributed by atoms with Crippen molar-refractivity contribution in [2.24, 2.45) is 0 Å². The molecule has 78 valence electrons. The summed E-state index contributed by atoms with van der Waals surface area (Å²) in [4.78, 5) is 0. The Morgan fingerprint density at radius 2 is 2.00 bits per heavy atom. The predicted molar refractivity (Wildman–Crippen MR) is 60.0 cm³/mol. The molecule has 0 atom stereocenters. The van der Waals surface area contributed by atoms with Gasteiger partial charge in [-0.15, -0.1) is 0 Å². The van der Waals surface area contributed by atoms with Crippen LogP contribution in [0.4, 0.5) is 0 Å². The van der Waals surface area contributed by atoms with E-state index in [1.807, 2.05) is 19.2 Å². The minimum absolute atomic E-state index is 0.749. The second kappa shape index (κ2) is 5.22. The Balaban J connectivity index is 3.13. The third-order valence-electron chi connectivity index (χ3n) is 1.90. The molecule has 0 unspecified atom stereocenters. The van der Waals surface area contributed by atoms with Gasteiger partial charge in [0.05, 0.1) is 18.7 Å². The summed E-state index contributed by atoms with van der Waals surface area (Å²) in [5, 5.41) is 3.08. The zero-order valence-corrected chi connectivity index (χ0v) is 10.1. The van der Waals surface area contributed by atoms with E-state index < -0.39 is 0 Å². The first-order chi connectivity index (χ1) is 6.72. The maximum atomic E-state index is 5.29. The fourth-order valence-corrected chi connectivity index (χ4v) is 1.93. The Kier molecular flexibility index (Phi) is 4.22. The summed E-state index contributed by atoms with van der Waals surface area (Å²) in [6, 6.07) is 3.85. The lowest BCUT2D eigenvalue weighted by molar-refractivity contribution is 0.395. The number of ether oxygens (including phenoxy) is 2. The van der Waals surface area contributed by atoms with Gasteiger partial charge >= 0.3 is 0 Å². The molecule has 0 saturated carbocycles. The van der Waals surface area contributed by atoms with Crippen molar-refractivity contribution in [3.63, 3.8) is 0 Å². The summed E-state index contributed by atoms with van der Waals surface area (Å²) in [6.07, 6.45) is 0. The molecule has 0 saturated heterocycles. The van der Waals surface area contributed by atoms with Crippen molar-refractivity contribution < 1.29 is 9.47 Å². The number of hydrogen-bond acceptors (Lipinski definition) is 3. The predicted octanol–water partition coefficient (Wildman–Crippen LogP) is 2.19. The molecule has 0 amide bonds. The highest BCUT2D eigenvalue weighted by atomic mass is 79.9. The van der Waals surface area contributed by atoms with Crippen LogP contribution in [0, 0.1) is 0 Å². The molecular weight excluding hydrogens is 246 g/mol. The Morgan fingerprint density at radius 1 is 1.29 bits per heavy atom. The van der Waals surface area contributed by atoms with Crippen LogP contribution in [0.1, 0.15) is 5.56 Å². The molecule has 1 aromatic carbocycles. The highest BCUT2D eigenvalue weighted by molar-refractivity contribution is 9.10. The molecule has 1 aromatic rings. The number of benzene rings is 1. The van der Waals surface area contributed by atoms with E-state index in [-0.39, 0.29) is 0 Å². The van der Waals surface area contributed by atoms with E-state index in [9.17, 15) is 0 Å². The van der Waals surface area contributed by atoms with Gasteiger partial charge in [0, 0.05) is 12.1 Å². The number of rotatable bonds is 4. The van der Waals surface area contributed by atoms with Crippen molar-refractivity contribution in [1.82, 2.24) is 5.32 Å². The van der Waals surface area contributed by atoms with E-state index >= 15 is 0 Å². The standard InChI is InChI=1S/C10H14BrNO2/c1-12-6-7-4-8(13-2)5-9(11)10(7)14-3/h4-5,12H,6H2,1-3H3. The summed E-state index contributed by atoms with van der Waals surface area (Å²) in [5.41, 5.74) is 1.07. The Hall–Kier alpha value is -0.740. The third-order valence-corrected chi connectivity index (χ3v) is 2.49. The van der Waals surface area contributed by atoms with Gasteiger partial charge in [0.2, 0.25) is 0 Å². The third kappa shape index (κ3) is 2.39. The van der Waals surface area contributed by atoms with E-state index in [1.54, 1.807) is 14.2 Å². The monoisotopic (exact) mass is 259 g/mol. The van der Waals surface area contributed by atoms with Gasteiger partial charge < -0.3 is 14.8 Å². The Labute approximate surface area is 92.5 Å². The van der Waals surface area contributed by atoms with Crippen LogP contribution in [0.2, 0.25) is 0 Å². The van der Waals surface area contributed by atoms with Crippen LogP contribution in [0.3, 0.4) is 0 Å². The van der Waals surface area contributed by atoms with Crippen molar-refractivity contribution in [2.75, 3.05) is 21.3 Å². The lowest BCUT2D eigenvalue weighted by atomic mass is 10.2. The van der Waals surface area contributed by atoms with Crippen LogP contribution in [0.5, 0.6) is 11.5 Å². The molecule has 0 radical (unpaired) electrons. The quantitative estimate of drug-likeness (QED) is 0.900. The fourth-order valence-electron chi connectivity index (χ4n) is 1.29. The average Bonchev–Trinajstić information content (AvgIpc) is 2.18. The van der Waals surface area contributed by atoms with Crippen molar-refractivity contribution in [3.05, 3.63) is 22.2 Å². The smallest absolute Gasteiger partial charge is 0.137 e. The normalized spacial score (nSPS) is 10.0. The molecule has 0 bridgehead atoms. The minimum atomic E-state index is 0.749. The van der Waals surface area contributed by atoms with Gasteiger partial charge in [0.15, 0.2) is 0 Å². The zero-order chi connectivity index (χ0) is 10.6. The van der Waals surface area contributed by atoms with Crippen molar-refractivity contribution in [1.29, 1.82) is 0 Å². The summed E-state index contributed by atoms with van der Waals surface area (Å²) in [7, 11) is 5.20. The summed E-state index contributed by atoms with van der Waals surface area (Å²) in [6.45, 7) is 0.749. The van der Waals surface area contributed by atoms with Crippen LogP contribution >= 0.6 is 15.9 Å². The SMILES string of the molecule is CNCc1cc(OC)cc(Br)c1OC. The molecule has 1 N–H and O–H groups in total. The molecule has 0 heterocycles. The number of nitrogens with one attached hydrogen (secondary N) is 1. The van der Waals surface area contributed by atoms with Crippen LogP contribution < -0.4 is 14.8 Å². The average molecular weight is 260 g/mol. The van der Waals surface area contributed by atoms with Gasteiger partial charge in [-0.2, -0.15) is 0 Å². The van der Waals surface area contributed by atoms with Crippen LogP contribution in [-0.2, 0) is 6.54 Å². The zero-order valence-electron chi connectivity index (χ0n) is 8.56. The molecule has 1 rings (SSSR count). The van der Waals surface area contributed by atoms with Gasteiger partial charge in [-0.25, -0.2) is 0 Å². The van der Waals surface area contributed by atoms with Gasteiger partial charge in [-0.3, -0.25) is 0 Å². The summed E-state index contributed by atoms with van der Waals surface area (Å²) in [5.74, 6) is 1.67. The van der Waals surface area contributed by atoms with Crippen molar-refractivity contribution in [3.8, 4) is 11.5 Å². The second-order valence-corrected chi connectivity index (χ2v) is 3.69. The molecule has 0 aliphatic rings. The van der Waals surface area contributed by atoms with Crippen molar-refractivity contribution in [2.45, 2.75) is 6.54 Å². The minimum Gasteiger partial charge on any atom is -0.497 e.